The Labute approximate surface area is 249 Å². The number of nitrogens with zero attached hydrogens (tertiary/aromatic N) is 6. The van der Waals surface area contributed by atoms with Gasteiger partial charge in [0.15, 0.2) is 5.65 Å². The molecule has 2 aromatic heterocycles. The van der Waals surface area contributed by atoms with Crippen molar-refractivity contribution in [2.24, 2.45) is 0 Å². The molecule has 41 heavy (non-hydrogen) atoms. The summed E-state index contributed by atoms with van der Waals surface area (Å²) in [5.74, 6) is 1.44. The molecule has 1 aliphatic rings. The van der Waals surface area contributed by atoms with E-state index in [1.165, 1.54) is 16.4 Å². The third-order valence-electron chi connectivity index (χ3n) is 7.20. The molecular formula is C30H28Cl2N6O2S. The molecule has 0 amide bonds. The molecule has 0 unspecified atom stereocenters. The monoisotopic (exact) mass is 606 g/mol. The van der Waals surface area contributed by atoms with Gasteiger partial charge in [0.25, 0.3) is 0 Å². The van der Waals surface area contributed by atoms with E-state index in [2.05, 4.69) is 17.0 Å². The van der Waals surface area contributed by atoms with Crippen molar-refractivity contribution in [1.82, 2.24) is 24.1 Å². The summed E-state index contributed by atoms with van der Waals surface area (Å²) in [6.45, 7) is 3.67. The standard InChI is InChI=1S/C30H28Cl2N6O2S/c1-21-28-29(36-15-8-16-37(18-17-36)41(39,40)26-20-23(31)13-14-25(26)32)33-27(19-22-9-4-2-5-10-22)34-30(28)38(35-21)24-11-6-3-7-12-24/h2-7,9-14,20H,8,15-19H2,1H3. The summed E-state index contributed by atoms with van der Waals surface area (Å²) < 4.78 is 30.5. The van der Waals surface area contributed by atoms with Gasteiger partial charge in [-0.05, 0) is 49.2 Å². The molecule has 6 rings (SSSR count). The van der Waals surface area contributed by atoms with Crippen LogP contribution in [0.2, 0.25) is 10.0 Å². The first-order valence-corrected chi connectivity index (χ1v) is 15.6. The minimum absolute atomic E-state index is 0.0228. The fourth-order valence-corrected chi connectivity index (χ4v) is 7.41. The van der Waals surface area contributed by atoms with Crippen LogP contribution in [0.15, 0.2) is 83.8 Å². The maximum absolute atomic E-state index is 13.6. The lowest BCUT2D eigenvalue weighted by molar-refractivity contribution is 0.433. The van der Waals surface area contributed by atoms with Crippen LogP contribution in [0.5, 0.6) is 0 Å². The largest absolute Gasteiger partial charge is 0.355 e. The molecule has 1 saturated heterocycles. The van der Waals surface area contributed by atoms with Gasteiger partial charge in [-0.1, -0.05) is 71.7 Å². The lowest BCUT2D eigenvalue weighted by Crippen LogP contribution is -2.35. The first-order chi connectivity index (χ1) is 19.8. The number of aryl methyl sites for hydroxylation is 1. The quantitative estimate of drug-likeness (QED) is 0.238. The van der Waals surface area contributed by atoms with Gasteiger partial charge in [-0.15, -0.1) is 0 Å². The molecule has 3 heterocycles. The summed E-state index contributed by atoms with van der Waals surface area (Å²) in [4.78, 5) is 12.2. The Balaban J connectivity index is 1.39. The number of aromatic nitrogens is 4. The van der Waals surface area contributed by atoms with Crippen LogP contribution in [0.3, 0.4) is 0 Å². The van der Waals surface area contributed by atoms with E-state index in [-0.39, 0.29) is 16.5 Å². The predicted molar refractivity (Wildman–Crippen MR) is 163 cm³/mol. The zero-order valence-corrected chi connectivity index (χ0v) is 24.7. The van der Waals surface area contributed by atoms with E-state index >= 15 is 0 Å². The molecule has 11 heteroatoms. The van der Waals surface area contributed by atoms with Gasteiger partial charge in [0, 0.05) is 37.6 Å². The molecular weight excluding hydrogens is 579 g/mol. The Hall–Kier alpha value is -3.50. The van der Waals surface area contributed by atoms with Crippen LogP contribution >= 0.6 is 23.2 Å². The summed E-state index contributed by atoms with van der Waals surface area (Å²) in [5, 5.41) is 6.19. The minimum atomic E-state index is -3.83. The third kappa shape index (κ3) is 5.55. The molecule has 210 valence electrons. The predicted octanol–water partition coefficient (Wildman–Crippen LogP) is 5.92. The Morgan fingerprint density at radius 3 is 2.34 bits per heavy atom. The third-order valence-corrected chi connectivity index (χ3v) is 9.82. The molecule has 0 spiro atoms. The zero-order valence-electron chi connectivity index (χ0n) is 22.4. The fourth-order valence-electron chi connectivity index (χ4n) is 5.20. The molecule has 0 aliphatic carbocycles. The van der Waals surface area contributed by atoms with Crippen molar-refractivity contribution in [2.45, 2.75) is 24.7 Å². The summed E-state index contributed by atoms with van der Waals surface area (Å²) in [6.07, 6.45) is 1.17. The lowest BCUT2D eigenvalue weighted by atomic mass is 10.1. The summed E-state index contributed by atoms with van der Waals surface area (Å²) in [7, 11) is -3.83. The van der Waals surface area contributed by atoms with Crippen molar-refractivity contribution in [3.05, 3.63) is 106 Å². The van der Waals surface area contributed by atoms with E-state index in [9.17, 15) is 8.42 Å². The first kappa shape index (κ1) is 27.7. The van der Waals surface area contributed by atoms with Gasteiger partial charge in [-0.2, -0.15) is 9.40 Å². The van der Waals surface area contributed by atoms with Gasteiger partial charge in [-0.25, -0.2) is 23.1 Å². The van der Waals surface area contributed by atoms with Gasteiger partial charge < -0.3 is 4.90 Å². The van der Waals surface area contributed by atoms with Crippen molar-refractivity contribution < 1.29 is 8.42 Å². The summed E-state index contributed by atoms with van der Waals surface area (Å²) in [5.41, 5.74) is 3.55. The Kier molecular flexibility index (Phi) is 7.70. The van der Waals surface area contributed by atoms with Crippen molar-refractivity contribution in [1.29, 1.82) is 0 Å². The van der Waals surface area contributed by atoms with Crippen LogP contribution in [-0.4, -0.2) is 58.7 Å². The molecule has 0 bridgehead atoms. The van der Waals surface area contributed by atoms with Gasteiger partial charge in [0.2, 0.25) is 10.0 Å². The van der Waals surface area contributed by atoms with E-state index in [4.69, 9.17) is 38.3 Å². The summed E-state index contributed by atoms with van der Waals surface area (Å²) >= 11 is 12.4. The van der Waals surface area contributed by atoms with Gasteiger partial charge in [0.05, 0.1) is 21.8 Å². The van der Waals surface area contributed by atoms with E-state index < -0.39 is 10.0 Å². The molecule has 0 saturated carbocycles. The second-order valence-electron chi connectivity index (χ2n) is 9.98. The fraction of sp³-hybridized carbons (Fsp3) is 0.233. The molecule has 1 fully saturated rings. The van der Waals surface area contributed by atoms with Crippen molar-refractivity contribution >= 4 is 50.1 Å². The van der Waals surface area contributed by atoms with Gasteiger partial charge in [0.1, 0.15) is 16.5 Å². The van der Waals surface area contributed by atoms with Gasteiger partial charge >= 0.3 is 0 Å². The number of rotatable bonds is 6. The first-order valence-electron chi connectivity index (χ1n) is 13.4. The minimum Gasteiger partial charge on any atom is -0.355 e. The second-order valence-corrected chi connectivity index (χ2v) is 12.7. The number of anilines is 1. The SMILES string of the molecule is Cc1nn(-c2ccccc2)c2nc(Cc3ccccc3)nc(N3CCCN(S(=O)(=O)c4cc(Cl)ccc4Cl)CC3)c12. The lowest BCUT2D eigenvalue weighted by Gasteiger charge is -2.24. The molecule has 8 nitrogen and oxygen atoms in total. The van der Waals surface area contributed by atoms with E-state index in [0.717, 1.165) is 33.8 Å². The van der Waals surface area contributed by atoms with Crippen molar-refractivity contribution in [3.8, 4) is 5.69 Å². The molecule has 0 N–H and O–H groups in total. The topological polar surface area (TPSA) is 84.2 Å². The number of hydrogen-bond acceptors (Lipinski definition) is 6. The van der Waals surface area contributed by atoms with Crippen LogP contribution in [0, 0.1) is 6.92 Å². The van der Waals surface area contributed by atoms with Crippen LogP contribution in [0.1, 0.15) is 23.5 Å². The number of halogens is 2. The van der Waals surface area contributed by atoms with E-state index in [1.807, 2.05) is 60.1 Å². The number of sulfonamides is 1. The van der Waals surface area contributed by atoms with Crippen molar-refractivity contribution in [2.75, 3.05) is 31.1 Å². The molecule has 5 aromatic rings. The summed E-state index contributed by atoms with van der Waals surface area (Å²) in [6, 6.07) is 24.5. The zero-order chi connectivity index (χ0) is 28.6. The normalized spacial score (nSPS) is 14.9. The van der Waals surface area contributed by atoms with Crippen molar-refractivity contribution in [3.63, 3.8) is 0 Å². The number of benzene rings is 3. The van der Waals surface area contributed by atoms with E-state index in [0.29, 0.717) is 43.3 Å². The average Bonchev–Trinajstić information content (AvgIpc) is 3.13. The Bertz CT molecular complexity index is 1810. The van der Waals surface area contributed by atoms with Crippen LogP contribution in [-0.2, 0) is 16.4 Å². The molecule has 1 aliphatic heterocycles. The Morgan fingerprint density at radius 1 is 0.854 bits per heavy atom. The highest BCUT2D eigenvalue weighted by molar-refractivity contribution is 7.89. The molecule has 0 radical (unpaired) electrons. The van der Waals surface area contributed by atoms with E-state index in [1.54, 1.807) is 6.07 Å². The highest BCUT2D eigenvalue weighted by atomic mass is 35.5. The number of fused-ring (bicyclic) bond motifs is 1. The Morgan fingerprint density at radius 2 is 1.59 bits per heavy atom. The maximum Gasteiger partial charge on any atom is 0.244 e. The number of para-hydroxylation sites is 1. The average molecular weight is 608 g/mol. The van der Waals surface area contributed by atoms with Crippen LogP contribution in [0.25, 0.3) is 16.7 Å². The maximum atomic E-state index is 13.6. The van der Waals surface area contributed by atoms with Crippen LogP contribution in [0.4, 0.5) is 5.82 Å². The highest BCUT2D eigenvalue weighted by Crippen LogP contribution is 2.32. The second kappa shape index (κ2) is 11.4. The smallest absolute Gasteiger partial charge is 0.244 e. The highest BCUT2D eigenvalue weighted by Gasteiger charge is 2.30. The molecule has 0 atom stereocenters. The van der Waals surface area contributed by atoms with Gasteiger partial charge in [-0.3, -0.25) is 0 Å². The number of hydrogen-bond donors (Lipinski definition) is 0. The van der Waals surface area contributed by atoms with Crippen LogP contribution < -0.4 is 4.90 Å². The molecule has 3 aromatic carbocycles.